The Morgan fingerprint density at radius 1 is 1.03 bits per heavy atom. The number of ketones is 1. The van der Waals surface area contributed by atoms with Crippen molar-refractivity contribution in [2.75, 3.05) is 6.61 Å². The number of hydrogen-bond acceptors (Lipinski definition) is 5. The van der Waals surface area contributed by atoms with Gasteiger partial charge >= 0.3 is 5.97 Å². The summed E-state index contributed by atoms with van der Waals surface area (Å²) in [5.41, 5.74) is 4.88. The van der Waals surface area contributed by atoms with Gasteiger partial charge in [-0.1, -0.05) is 49.4 Å². The molecule has 0 amide bonds. The molecule has 1 heterocycles. The third-order valence-corrected chi connectivity index (χ3v) is 6.73. The summed E-state index contributed by atoms with van der Waals surface area (Å²) in [6.45, 7) is 8.28. The van der Waals surface area contributed by atoms with Crippen molar-refractivity contribution < 1.29 is 19.1 Å². The molecule has 3 atom stereocenters. The average Bonchev–Trinajstić information content (AvgIpc) is 2.84. The average molecular weight is 460 g/mol. The van der Waals surface area contributed by atoms with E-state index >= 15 is 0 Å². The van der Waals surface area contributed by atoms with Crippen LogP contribution in [0.3, 0.4) is 0 Å². The van der Waals surface area contributed by atoms with Crippen LogP contribution in [-0.4, -0.2) is 24.5 Å². The fourth-order valence-electron chi connectivity index (χ4n) is 4.86. The molecule has 0 radical (unpaired) electrons. The third kappa shape index (κ3) is 4.79. The number of esters is 1. The first-order valence-electron chi connectivity index (χ1n) is 12.2. The molecule has 0 unspecified atom stereocenters. The summed E-state index contributed by atoms with van der Waals surface area (Å²) in [6, 6.07) is 17.9. The second kappa shape index (κ2) is 10.3. The Morgan fingerprint density at radius 3 is 2.38 bits per heavy atom. The number of dihydropyridines is 1. The molecule has 2 aromatic rings. The summed E-state index contributed by atoms with van der Waals surface area (Å²) in [5, 5.41) is 3.42. The summed E-state index contributed by atoms with van der Waals surface area (Å²) in [5.74, 6) is 0.110. The van der Waals surface area contributed by atoms with E-state index in [-0.39, 0.29) is 23.8 Å². The molecule has 1 N–H and O–H groups in total. The highest BCUT2D eigenvalue weighted by Crippen LogP contribution is 2.46. The molecule has 0 spiro atoms. The molecule has 0 fully saturated rings. The minimum atomic E-state index is -0.465. The lowest BCUT2D eigenvalue weighted by atomic mass is 9.71. The Labute approximate surface area is 201 Å². The molecule has 0 saturated carbocycles. The van der Waals surface area contributed by atoms with E-state index < -0.39 is 5.92 Å². The third-order valence-electron chi connectivity index (χ3n) is 6.73. The maximum atomic E-state index is 13.6. The van der Waals surface area contributed by atoms with Gasteiger partial charge in [-0.2, -0.15) is 0 Å². The first-order chi connectivity index (χ1) is 16.4. The molecule has 0 bridgehead atoms. The molecule has 0 saturated heterocycles. The standard InChI is InChI=1S/C29H33NO4/c1-5-18(3)34-29(32)26-19(4)30-24-16-22(20-10-8-7-9-11-20)17-25(31)28(24)27(26)21-12-14-23(15-13-21)33-6-2/h7-15,18,22,27,30H,5-6,16-17H2,1-4H3/t18-,22-,27+/m0/s1. The molecule has 2 aliphatic rings. The van der Waals surface area contributed by atoms with Gasteiger partial charge in [-0.15, -0.1) is 0 Å². The molecule has 2 aromatic carbocycles. The zero-order valence-electron chi connectivity index (χ0n) is 20.4. The molecular formula is C29H33NO4. The van der Waals surface area contributed by atoms with E-state index in [1.807, 2.05) is 70.2 Å². The maximum absolute atomic E-state index is 13.6. The van der Waals surface area contributed by atoms with Crippen LogP contribution in [-0.2, 0) is 14.3 Å². The molecule has 5 nitrogen and oxygen atoms in total. The van der Waals surface area contributed by atoms with Crippen LogP contribution in [0.1, 0.15) is 69.9 Å². The first-order valence-corrected chi connectivity index (χ1v) is 12.2. The van der Waals surface area contributed by atoms with Crippen molar-refractivity contribution in [2.45, 2.75) is 64.9 Å². The van der Waals surface area contributed by atoms with E-state index in [4.69, 9.17) is 9.47 Å². The molecule has 0 aromatic heterocycles. The number of Topliss-reactive ketones (excluding diaryl/α,β-unsaturated/α-hetero) is 1. The van der Waals surface area contributed by atoms with Gasteiger partial charge in [0.1, 0.15) is 5.75 Å². The van der Waals surface area contributed by atoms with Gasteiger partial charge in [0.15, 0.2) is 5.78 Å². The number of hydrogen-bond donors (Lipinski definition) is 1. The summed E-state index contributed by atoms with van der Waals surface area (Å²) in [6.07, 6.45) is 1.67. The molecule has 4 rings (SSSR count). The predicted molar refractivity (Wildman–Crippen MR) is 132 cm³/mol. The highest BCUT2D eigenvalue weighted by atomic mass is 16.5. The predicted octanol–water partition coefficient (Wildman–Crippen LogP) is 5.79. The zero-order chi connectivity index (χ0) is 24.2. The fraction of sp³-hybridized carbons (Fsp3) is 0.379. The first kappa shape index (κ1) is 23.8. The lowest BCUT2D eigenvalue weighted by Gasteiger charge is -2.37. The van der Waals surface area contributed by atoms with Crippen LogP contribution in [0, 0.1) is 0 Å². The lowest BCUT2D eigenvalue weighted by molar-refractivity contribution is -0.144. The van der Waals surface area contributed by atoms with Gasteiger partial charge < -0.3 is 14.8 Å². The Hall–Kier alpha value is -3.34. The number of carbonyl (C=O) groups excluding carboxylic acids is 2. The number of nitrogens with one attached hydrogen (secondary N) is 1. The second-order valence-electron chi connectivity index (χ2n) is 9.05. The molecular weight excluding hydrogens is 426 g/mol. The van der Waals surface area contributed by atoms with Gasteiger partial charge in [-0.05, 0) is 62.8 Å². The Kier molecular flexibility index (Phi) is 7.20. The molecule has 1 aliphatic carbocycles. The number of rotatable bonds is 7. The minimum absolute atomic E-state index is 0.0721. The van der Waals surface area contributed by atoms with Crippen LogP contribution in [0.15, 0.2) is 77.1 Å². The van der Waals surface area contributed by atoms with Crippen LogP contribution in [0.2, 0.25) is 0 Å². The molecule has 34 heavy (non-hydrogen) atoms. The Bertz CT molecular complexity index is 1110. The number of benzene rings is 2. The zero-order valence-corrected chi connectivity index (χ0v) is 20.4. The quantitative estimate of drug-likeness (QED) is 0.531. The minimum Gasteiger partial charge on any atom is -0.494 e. The summed E-state index contributed by atoms with van der Waals surface area (Å²) in [7, 11) is 0. The number of ether oxygens (including phenoxy) is 2. The normalized spacial score (nSPS) is 21.0. The van der Waals surface area contributed by atoms with Gasteiger partial charge in [0.25, 0.3) is 0 Å². The van der Waals surface area contributed by atoms with Gasteiger partial charge in [0.2, 0.25) is 0 Å². The summed E-state index contributed by atoms with van der Waals surface area (Å²) in [4.78, 5) is 26.9. The van der Waals surface area contributed by atoms with E-state index in [0.29, 0.717) is 24.2 Å². The van der Waals surface area contributed by atoms with E-state index in [1.54, 1.807) is 0 Å². The maximum Gasteiger partial charge on any atom is 0.337 e. The van der Waals surface area contributed by atoms with E-state index in [2.05, 4.69) is 17.4 Å². The Morgan fingerprint density at radius 2 is 1.74 bits per heavy atom. The van der Waals surface area contributed by atoms with Crippen LogP contribution in [0.4, 0.5) is 0 Å². The highest BCUT2D eigenvalue weighted by molar-refractivity contribution is 6.04. The van der Waals surface area contributed by atoms with Gasteiger partial charge in [-0.3, -0.25) is 4.79 Å². The van der Waals surface area contributed by atoms with Crippen LogP contribution in [0.25, 0.3) is 0 Å². The van der Waals surface area contributed by atoms with E-state index in [0.717, 1.165) is 41.1 Å². The molecule has 1 aliphatic heterocycles. The number of carbonyl (C=O) groups is 2. The summed E-state index contributed by atoms with van der Waals surface area (Å²) >= 11 is 0. The van der Waals surface area contributed by atoms with Crippen molar-refractivity contribution in [3.05, 3.63) is 88.3 Å². The summed E-state index contributed by atoms with van der Waals surface area (Å²) < 4.78 is 11.3. The van der Waals surface area contributed by atoms with Gasteiger partial charge in [-0.25, -0.2) is 4.79 Å². The van der Waals surface area contributed by atoms with Crippen molar-refractivity contribution >= 4 is 11.8 Å². The fourth-order valence-corrected chi connectivity index (χ4v) is 4.86. The van der Waals surface area contributed by atoms with E-state index in [1.165, 1.54) is 0 Å². The Balaban J connectivity index is 1.76. The SMILES string of the molecule is CCOc1ccc([C@@H]2C(C(=O)O[C@@H](C)CC)=C(C)NC3=C2C(=O)C[C@@H](c2ccccc2)C3)cc1. The smallest absolute Gasteiger partial charge is 0.337 e. The lowest BCUT2D eigenvalue weighted by Crippen LogP contribution is -2.36. The second-order valence-corrected chi connectivity index (χ2v) is 9.05. The van der Waals surface area contributed by atoms with Crippen molar-refractivity contribution in [3.63, 3.8) is 0 Å². The van der Waals surface area contributed by atoms with Crippen molar-refractivity contribution in [1.29, 1.82) is 0 Å². The van der Waals surface area contributed by atoms with Crippen molar-refractivity contribution in [1.82, 2.24) is 5.32 Å². The largest absolute Gasteiger partial charge is 0.494 e. The molecule has 5 heteroatoms. The van der Waals surface area contributed by atoms with Crippen molar-refractivity contribution in [2.24, 2.45) is 0 Å². The topological polar surface area (TPSA) is 64.6 Å². The van der Waals surface area contributed by atoms with Gasteiger partial charge in [0.05, 0.1) is 18.3 Å². The molecule has 178 valence electrons. The van der Waals surface area contributed by atoms with Crippen molar-refractivity contribution in [3.8, 4) is 5.75 Å². The van der Waals surface area contributed by atoms with E-state index in [9.17, 15) is 9.59 Å². The van der Waals surface area contributed by atoms with Gasteiger partial charge in [0, 0.05) is 29.3 Å². The highest BCUT2D eigenvalue weighted by Gasteiger charge is 2.41. The van der Waals surface area contributed by atoms with Crippen LogP contribution < -0.4 is 10.1 Å². The van der Waals surface area contributed by atoms with Crippen LogP contribution >= 0.6 is 0 Å². The number of allylic oxidation sites excluding steroid dienone is 3. The van der Waals surface area contributed by atoms with Crippen LogP contribution in [0.5, 0.6) is 5.75 Å². The monoisotopic (exact) mass is 459 g/mol.